The zero-order valence-electron chi connectivity index (χ0n) is 16.9. The second-order valence-corrected chi connectivity index (χ2v) is 9.41. The second kappa shape index (κ2) is 13.6. The number of hydrogen-bond donors (Lipinski definition) is 6. The van der Waals surface area contributed by atoms with Gasteiger partial charge in [0.05, 0.1) is 12.6 Å². The van der Waals surface area contributed by atoms with Crippen LogP contribution in [0.2, 0.25) is 0 Å². The Morgan fingerprint density at radius 3 is 2.50 bits per heavy atom. The van der Waals surface area contributed by atoms with Crippen LogP contribution in [0, 0.1) is 0 Å². The monoisotopic (exact) mass is 474 g/mol. The molecule has 0 radical (unpaired) electrons. The molecule has 1 rings (SSSR count). The van der Waals surface area contributed by atoms with E-state index in [0.717, 1.165) is 13.5 Å². The number of carbonyl (C=O) groups is 2. The van der Waals surface area contributed by atoms with Crippen LogP contribution in [0.25, 0.3) is 0 Å². The first-order chi connectivity index (χ1) is 14.1. The molecule has 0 aromatic rings. The molecule has 1 aliphatic heterocycles. The van der Waals surface area contributed by atoms with Crippen molar-refractivity contribution in [1.29, 1.82) is 0 Å². The van der Waals surface area contributed by atoms with Crippen molar-refractivity contribution in [1.82, 2.24) is 10.6 Å². The van der Waals surface area contributed by atoms with Crippen LogP contribution in [0.15, 0.2) is 0 Å². The van der Waals surface area contributed by atoms with Gasteiger partial charge in [-0.2, -0.15) is 0 Å². The maximum atomic E-state index is 11.6. The van der Waals surface area contributed by atoms with Crippen molar-refractivity contribution in [3.05, 3.63) is 0 Å². The summed E-state index contributed by atoms with van der Waals surface area (Å²) in [4.78, 5) is 32.0. The molecule has 1 aliphatic rings. The van der Waals surface area contributed by atoms with E-state index in [1.165, 1.54) is 18.7 Å². The van der Waals surface area contributed by atoms with Gasteiger partial charge >= 0.3 is 7.82 Å². The lowest BCUT2D eigenvalue weighted by molar-refractivity contribution is -0.173. The fraction of sp³-hybridized carbons (Fsp3) is 0.875. The molecule has 0 saturated carbocycles. The minimum Gasteiger partial charge on any atom is -0.394 e. The van der Waals surface area contributed by atoms with Crippen molar-refractivity contribution in [2.45, 2.75) is 62.4 Å². The molecule has 0 aliphatic carbocycles. The standard InChI is InChI=1S/C16H31N2O10PS/c1-10(20)18-13-15(23)14(22)11(8-19)28-16(13)30-7-5-3-4-6-12(21)17-9-27-29(24,25)26-2/h11,13-16,19,22-23H,3-9H2,1-2H3,(H,17,21)(H,18,20)(H,24,25). The van der Waals surface area contributed by atoms with Gasteiger partial charge in [-0.25, -0.2) is 4.57 Å². The molecular formula is C16H31N2O10PS. The Morgan fingerprint density at radius 2 is 1.90 bits per heavy atom. The van der Waals surface area contributed by atoms with Crippen LogP contribution >= 0.6 is 19.6 Å². The quantitative estimate of drug-likeness (QED) is 0.110. The summed E-state index contributed by atoms with van der Waals surface area (Å²) in [7, 11) is -3.10. The number of phosphoric acid groups is 1. The van der Waals surface area contributed by atoms with Gasteiger partial charge in [-0.05, 0) is 18.6 Å². The SMILES string of the molecule is COP(=O)(O)OCNC(=O)CCCCCSC1OC(CO)C(O)C(O)C1NC(C)=O. The van der Waals surface area contributed by atoms with Gasteiger partial charge in [-0.1, -0.05) is 6.42 Å². The molecule has 6 atom stereocenters. The number of amides is 2. The number of hydrogen-bond acceptors (Lipinski definition) is 10. The molecule has 0 aromatic heterocycles. The summed E-state index contributed by atoms with van der Waals surface area (Å²) < 4.78 is 25.4. The third-order valence-corrected chi connectivity index (χ3v) is 6.48. The molecule has 1 heterocycles. The van der Waals surface area contributed by atoms with Crippen LogP contribution in [-0.2, 0) is 27.9 Å². The minimum atomic E-state index is -4.12. The van der Waals surface area contributed by atoms with Gasteiger partial charge in [0.15, 0.2) is 0 Å². The first-order valence-corrected chi connectivity index (χ1v) is 12.0. The van der Waals surface area contributed by atoms with Crippen LogP contribution in [-0.4, -0.2) is 88.0 Å². The van der Waals surface area contributed by atoms with Crippen LogP contribution in [0.4, 0.5) is 0 Å². The van der Waals surface area contributed by atoms with Crippen molar-refractivity contribution in [3.8, 4) is 0 Å². The Labute approximate surface area is 179 Å². The van der Waals surface area contributed by atoms with Crippen molar-refractivity contribution >= 4 is 31.4 Å². The largest absolute Gasteiger partial charge is 0.473 e. The predicted octanol–water partition coefficient (Wildman–Crippen LogP) is -0.939. The van der Waals surface area contributed by atoms with Crippen LogP contribution < -0.4 is 10.6 Å². The van der Waals surface area contributed by atoms with Gasteiger partial charge in [-0.3, -0.25) is 18.6 Å². The first kappa shape index (κ1) is 27.3. The van der Waals surface area contributed by atoms with Gasteiger partial charge in [-0.15, -0.1) is 11.8 Å². The van der Waals surface area contributed by atoms with Gasteiger partial charge in [0.2, 0.25) is 11.8 Å². The summed E-state index contributed by atoms with van der Waals surface area (Å²) in [5.74, 6) is -0.0996. The average molecular weight is 474 g/mol. The van der Waals surface area contributed by atoms with Gasteiger partial charge in [0, 0.05) is 20.5 Å². The normalized spacial score (nSPS) is 28.5. The predicted molar refractivity (Wildman–Crippen MR) is 107 cm³/mol. The summed E-state index contributed by atoms with van der Waals surface area (Å²) >= 11 is 1.34. The summed E-state index contributed by atoms with van der Waals surface area (Å²) in [5.41, 5.74) is -0.639. The molecule has 176 valence electrons. The molecule has 6 N–H and O–H groups in total. The van der Waals surface area contributed by atoms with E-state index in [2.05, 4.69) is 19.7 Å². The average Bonchev–Trinajstić information content (AvgIpc) is 2.69. The number of unbranched alkanes of at least 4 members (excludes halogenated alkanes) is 2. The minimum absolute atomic E-state index is 0.211. The van der Waals surface area contributed by atoms with E-state index in [9.17, 15) is 29.5 Å². The smallest absolute Gasteiger partial charge is 0.394 e. The van der Waals surface area contributed by atoms with Gasteiger partial charge in [0.25, 0.3) is 0 Å². The molecule has 0 aromatic carbocycles. The number of nitrogens with one attached hydrogen (secondary N) is 2. The molecular weight excluding hydrogens is 443 g/mol. The lowest BCUT2D eigenvalue weighted by Gasteiger charge is -2.42. The maximum Gasteiger partial charge on any atom is 0.473 e. The third kappa shape index (κ3) is 9.58. The van der Waals surface area contributed by atoms with Crippen molar-refractivity contribution < 1.29 is 48.2 Å². The Morgan fingerprint density at radius 1 is 1.20 bits per heavy atom. The molecule has 30 heavy (non-hydrogen) atoms. The van der Waals surface area contributed by atoms with E-state index in [0.29, 0.717) is 18.6 Å². The topological polar surface area (TPSA) is 184 Å². The molecule has 1 fully saturated rings. The summed E-state index contributed by atoms with van der Waals surface area (Å²) in [5, 5.41) is 34.4. The highest BCUT2D eigenvalue weighted by atomic mass is 32.2. The number of aliphatic hydroxyl groups excluding tert-OH is 3. The highest BCUT2D eigenvalue weighted by molar-refractivity contribution is 7.99. The summed E-state index contributed by atoms with van der Waals surface area (Å²) in [6, 6.07) is -0.814. The third-order valence-electron chi connectivity index (χ3n) is 4.31. The van der Waals surface area contributed by atoms with Crippen LogP contribution in [0.1, 0.15) is 32.6 Å². The fourth-order valence-electron chi connectivity index (χ4n) is 2.71. The van der Waals surface area contributed by atoms with E-state index in [-0.39, 0.29) is 18.2 Å². The zero-order valence-corrected chi connectivity index (χ0v) is 18.6. The summed E-state index contributed by atoms with van der Waals surface area (Å²) in [6.45, 7) is 0.404. The fourth-order valence-corrected chi connectivity index (χ4v) is 4.31. The first-order valence-electron chi connectivity index (χ1n) is 9.42. The van der Waals surface area contributed by atoms with E-state index in [1.807, 2.05) is 0 Å². The Kier molecular flexibility index (Phi) is 12.4. The Hall–Kier alpha value is -0.760. The highest BCUT2D eigenvalue weighted by Gasteiger charge is 2.44. The summed E-state index contributed by atoms with van der Waals surface area (Å²) in [6.07, 6.45) is -1.30. The van der Waals surface area contributed by atoms with E-state index < -0.39 is 51.0 Å². The van der Waals surface area contributed by atoms with Crippen LogP contribution in [0.5, 0.6) is 0 Å². The van der Waals surface area contributed by atoms with Gasteiger partial charge < -0.3 is 35.6 Å². The van der Waals surface area contributed by atoms with E-state index in [1.54, 1.807) is 0 Å². The number of rotatable bonds is 13. The molecule has 0 bridgehead atoms. The van der Waals surface area contributed by atoms with E-state index >= 15 is 0 Å². The Bertz CT molecular complexity index is 598. The number of ether oxygens (including phenoxy) is 1. The molecule has 14 heteroatoms. The number of aliphatic hydroxyl groups is 3. The molecule has 12 nitrogen and oxygen atoms in total. The van der Waals surface area contributed by atoms with Crippen molar-refractivity contribution in [3.63, 3.8) is 0 Å². The number of carbonyl (C=O) groups excluding carboxylic acids is 2. The lowest BCUT2D eigenvalue weighted by Crippen LogP contribution is -2.63. The van der Waals surface area contributed by atoms with Crippen molar-refractivity contribution in [2.75, 3.05) is 26.2 Å². The zero-order chi connectivity index (χ0) is 22.7. The van der Waals surface area contributed by atoms with Crippen LogP contribution in [0.3, 0.4) is 0 Å². The second-order valence-electron chi connectivity index (χ2n) is 6.64. The maximum absolute atomic E-state index is 11.6. The highest BCUT2D eigenvalue weighted by Crippen LogP contribution is 2.41. The molecule has 1 saturated heterocycles. The molecule has 2 amide bonds. The number of phosphoric ester groups is 1. The van der Waals surface area contributed by atoms with Crippen molar-refractivity contribution in [2.24, 2.45) is 0 Å². The molecule has 6 unspecified atom stereocenters. The lowest BCUT2D eigenvalue weighted by atomic mass is 9.98. The Balaban J connectivity index is 2.30. The van der Waals surface area contributed by atoms with E-state index in [4.69, 9.17) is 9.63 Å². The number of thioether (sulfide) groups is 1. The van der Waals surface area contributed by atoms with Gasteiger partial charge in [0.1, 0.15) is 30.5 Å². The molecule has 0 spiro atoms.